The van der Waals surface area contributed by atoms with Gasteiger partial charge in [-0.2, -0.15) is 11.3 Å². The van der Waals surface area contributed by atoms with Crippen LogP contribution >= 0.6 is 11.3 Å². The number of carbonyl (C=O) groups excluding carboxylic acids is 1. The lowest BCUT2D eigenvalue weighted by Gasteiger charge is -2.30. The Morgan fingerprint density at radius 3 is 2.74 bits per heavy atom. The molecule has 2 fully saturated rings. The Kier molecular flexibility index (Phi) is 5.12. The normalized spacial score (nSPS) is 23.9. The second-order valence-corrected chi connectivity index (χ2v) is 8.69. The van der Waals surface area contributed by atoms with E-state index >= 15 is 0 Å². The first-order valence-electron chi connectivity index (χ1n) is 9.03. The van der Waals surface area contributed by atoms with E-state index in [1.165, 1.54) is 24.8 Å². The Balaban J connectivity index is 1.70. The van der Waals surface area contributed by atoms with E-state index in [1.54, 1.807) is 11.3 Å². The molecule has 2 atom stereocenters. The molecule has 1 aromatic rings. The molecule has 3 rings (SSSR count). The Morgan fingerprint density at radius 2 is 2.13 bits per heavy atom. The molecule has 1 N–H and O–H groups in total. The van der Waals surface area contributed by atoms with Gasteiger partial charge in [0.05, 0.1) is 0 Å². The zero-order valence-corrected chi connectivity index (χ0v) is 15.5. The molecular formula is C19H30N2OS. The molecule has 1 saturated carbocycles. The van der Waals surface area contributed by atoms with Gasteiger partial charge in [0, 0.05) is 19.0 Å². The maximum atomic E-state index is 13.0. The summed E-state index contributed by atoms with van der Waals surface area (Å²) in [4.78, 5) is 15.2. The molecule has 2 aliphatic rings. The predicted molar refractivity (Wildman–Crippen MR) is 96.4 cm³/mol. The van der Waals surface area contributed by atoms with E-state index in [1.807, 2.05) is 0 Å². The predicted octanol–water partition coefficient (Wildman–Crippen LogP) is 3.90. The lowest BCUT2D eigenvalue weighted by molar-refractivity contribution is -0.134. The van der Waals surface area contributed by atoms with E-state index < -0.39 is 0 Å². The van der Waals surface area contributed by atoms with Crippen molar-refractivity contribution in [1.29, 1.82) is 0 Å². The molecule has 128 valence electrons. The van der Waals surface area contributed by atoms with Gasteiger partial charge in [-0.1, -0.05) is 20.8 Å². The van der Waals surface area contributed by atoms with Crippen LogP contribution in [0, 0.1) is 17.3 Å². The molecule has 0 bridgehead atoms. The number of hydrogen-bond donors (Lipinski definition) is 1. The summed E-state index contributed by atoms with van der Waals surface area (Å²) in [7, 11) is 0. The molecule has 2 heterocycles. The van der Waals surface area contributed by atoms with Crippen LogP contribution in [0.15, 0.2) is 16.8 Å². The first-order valence-corrected chi connectivity index (χ1v) is 9.97. The number of nitrogens with zero attached hydrogens (tertiary/aromatic N) is 1. The molecule has 3 nitrogen and oxygen atoms in total. The number of carbonyl (C=O) groups is 1. The summed E-state index contributed by atoms with van der Waals surface area (Å²) in [6.07, 6.45) is 4.35. The standard InChI is InChI=1S/C19H30N2OS/c1-14(2)15(3)10-18(22)21(12-16-4-9-23-13-16)17-11-19(17)5-7-20-8-6-19/h4,9,13-15,17,20H,5-8,10-12H2,1-3H3. The number of thiophene rings is 1. The van der Waals surface area contributed by atoms with Crippen molar-refractivity contribution in [3.05, 3.63) is 22.4 Å². The van der Waals surface area contributed by atoms with Crippen molar-refractivity contribution in [1.82, 2.24) is 10.2 Å². The number of hydrogen-bond acceptors (Lipinski definition) is 3. The van der Waals surface area contributed by atoms with Crippen molar-refractivity contribution < 1.29 is 4.79 Å². The van der Waals surface area contributed by atoms with Gasteiger partial charge in [0.25, 0.3) is 0 Å². The molecule has 2 unspecified atom stereocenters. The lowest BCUT2D eigenvalue weighted by Crippen LogP contribution is -2.39. The molecule has 1 aliphatic carbocycles. The fourth-order valence-electron chi connectivity index (χ4n) is 3.81. The van der Waals surface area contributed by atoms with E-state index in [0.29, 0.717) is 35.6 Å². The molecule has 1 aliphatic heterocycles. The third-order valence-corrected chi connectivity index (χ3v) is 6.74. The number of nitrogens with one attached hydrogen (secondary N) is 1. The molecule has 23 heavy (non-hydrogen) atoms. The van der Waals surface area contributed by atoms with Crippen molar-refractivity contribution in [2.24, 2.45) is 17.3 Å². The van der Waals surface area contributed by atoms with Crippen molar-refractivity contribution in [2.75, 3.05) is 13.1 Å². The van der Waals surface area contributed by atoms with Crippen molar-refractivity contribution >= 4 is 17.2 Å². The maximum Gasteiger partial charge on any atom is 0.223 e. The zero-order valence-electron chi connectivity index (χ0n) is 14.7. The van der Waals surface area contributed by atoms with Gasteiger partial charge in [0.1, 0.15) is 0 Å². The van der Waals surface area contributed by atoms with E-state index in [9.17, 15) is 4.79 Å². The Bertz CT molecular complexity index is 519. The number of rotatable bonds is 6. The first-order chi connectivity index (χ1) is 11.0. The van der Waals surface area contributed by atoms with Crippen LogP contribution < -0.4 is 5.32 Å². The van der Waals surface area contributed by atoms with Gasteiger partial charge in [0.15, 0.2) is 0 Å². The summed E-state index contributed by atoms with van der Waals surface area (Å²) in [5.74, 6) is 1.38. The van der Waals surface area contributed by atoms with Gasteiger partial charge in [-0.25, -0.2) is 0 Å². The van der Waals surface area contributed by atoms with E-state index in [-0.39, 0.29) is 0 Å². The summed E-state index contributed by atoms with van der Waals surface area (Å²) in [5, 5.41) is 7.76. The van der Waals surface area contributed by atoms with Gasteiger partial charge >= 0.3 is 0 Å². The minimum absolute atomic E-state index is 0.359. The average molecular weight is 335 g/mol. The molecule has 1 amide bonds. The van der Waals surface area contributed by atoms with Crippen LogP contribution in [0.4, 0.5) is 0 Å². The Labute approximate surface area is 144 Å². The maximum absolute atomic E-state index is 13.0. The largest absolute Gasteiger partial charge is 0.335 e. The quantitative estimate of drug-likeness (QED) is 0.856. The highest BCUT2D eigenvalue weighted by atomic mass is 32.1. The van der Waals surface area contributed by atoms with Crippen molar-refractivity contribution in [2.45, 2.75) is 59.0 Å². The number of amides is 1. The van der Waals surface area contributed by atoms with Gasteiger partial charge in [-0.15, -0.1) is 0 Å². The van der Waals surface area contributed by atoms with Gasteiger partial charge < -0.3 is 10.2 Å². The van der Waals surface area contributed by atoms with Crippen LogP contribution in [0.1, 0.15) is 52.0 Å². The lowest BCUT2D eigenvalue weighted by atomic mass is 9.92. The summed E-state index contributed by atoms with van der Waals surface area (Å²) >= 11 is 1.72. The third-order valence-electron chi connectivity index (χ3n) is 6.01. The van der Waals surface area contributed by atoms with E-state index in [2.05, 4.69) is 47.8 Å². The second-order valence-electron chi connectivity index (χ2n) is 7.91. The fraction of sp³-hybridized carbons (Fsp3) is 0.737. The van der Waals surface area contributed by atoms with Gasteiger partial charge in [0.2, 0.25) is 5.91 Å². The SMILES string of the molecule is CC(C)C(C)CC(=O)N(Cc1ccsc1)C1CC12CCNCC2. The van der Waals surface area contributed by atoms with Gasteiger partial charge in [-0.05, 0) is 72.0 Å². The highest BCUT2D eigenvalue weighted by Crippen LogP contribution is 2.56. The topological polar surface area (TPSA) is 32.3 Å². The zero-order chi connectivity index (χ0) is 16.4. The average Bonchev–Trinajstić information content (AvgIpc) is 2.97. The van der Waals surface area contributed by atoms with Crippen molar-refractivity contribution in [3.63, 3.8) is 0 Å². The molecule has 1 spiro atoms. The minimum Gasteiger partial charge on any atom is -0.335 e. The molecule has 4 heteroatoms. The van der Waals surface area contributed by atoms with Crippen LogP contribution in [0.5, 0.6) is 0 Å². The molecular weight excluding hydrogens is 304 g/mol. The molecule has 0 radical (unpaired) electrons. The summed E-state index contributed by atoms with van der Waals surface area (Å²) in [5.41, 5.74) is 1.70. The summed E-state index contributed by atoms with van der Waals surface area (Å²) in [6, 6.07) is 2.63. The minimum atomic E-state index is 0.359. The fourth-order valence-corrected chi connectivity index (χ4v) is 4.47. The monoisotopic (exact) mass is 334 g/mol. The molecule has 1 saturated heterocycles. The van der Waals surface area contributed by atoms with Crippen molar-refractivity contribution in [3.8, 4) is 0 Å². The van der Waals surface area contributed by atoms with Gasteiger partial charge in [-0.3, -0.25) is 4.79 Å². The highest BCUT2D eigenvalue weighted by Gasteiger charge is 2.57. The molecule has 0 aromatic carbocycles. The van der Waals surface area contributed by atoms with Crippen LogP contribution in [0.25, 0.3) is 0 Å². The van der Waals surface area contributed by atoms with Crippen LogP contribution in [-0.2, 0) is 11.3 Å². The summed E-state index contributed by atoms with van der Waals surface area (Å²) in [6.45, 7) is 9.66. The Morgan fingerprint density at radius 1 is 1.39 bits per heavy atom. The van der Waals surface area contributed by atoms with E-state index in [4.69, 9.17) is 0 Å². The smallest absolute Gasteiger partial charge is 0.223 e. The van der Waals surface area contributed by atoms with E-state index in [0.717, 1.165) is 19.6 Å². The highest BCUT2D eigenvalue weighted by molar-refractivity contribution is 7.07. The Hall–Kier alpha value is -0.870. The summed E-state index contributed by atoms with van der Waals surface area (Å²) < 4.78 is 0. The van der Waals surface area contributed by atoms with Crippen LogP contribution in [-0.4, -0.2) is 29.9 Å². The number of piperidine rings is 1. The van der Waals surface area contributed by atoms with Crippen LogP contribution in [0.2, 0.25) is 0 Å². The third kappa shape index (κ3) is 3.80. The first kappa shape index (κ1) is 17.0. The van der Waals surface area contributed by atoms with Crippen LogP contribution in [0.3, 0.4) is 0 Å². The molecule has 1 aromatic heterocycles. The second kappa shape index (κ2) is 6.94.